The first-order valence-corrected chi connectivity index (χ1v) is 7.25. The molecule has 0 heterocycles. The standard InChI is InChI=1S/C15H13ClN2OS/c1-19-14-6-10(2-3-11(14)8-17)9-20-15-5-4-12(18)7-13(15)16/h2-7H,9,18H2,1H3. The molecule has 0 saturated carbocycles. The van der Waals surface area contributed by atoms with E-state index in [0.717, 1.165) is 16.2 Å². The Morgan fingerprint density at radius 2 is 2.10 bits per heavy atom. The van der Waals surface area contributed by atoms with Crippen LogP contribution in [0.3, 0.4) is 0 Å². The van der Waals surface area contributed by atoms with Gasteiger partial charge in [0.25, 0.3) is 0 Å². The SMILES string of the molecule is COc1cc(CSc2ccc(N)cc2Cl)ccc1C#N. The number of benzene rings is 2. The van der Waals surface area contributed by atoms with Crippen LogP contribution in [0.5, 0.6) is 5.75 Å². The van der Waals surface area contributed by atoms with Gasteiger partial charge in [0.2, 0.25) is 0 Å². The highest BCUT2D eigenvalue weighted by Gasteiger charge is 2.06. The summed E-state index contributed by atoms with van der Waals surface area (Å²) in [5.41, 5.74) is 7.92. The number of nitriles is 1. The lowest BCUT2D eigenvalue weighted by molar-refractivity contribution is 0.413. The number of methoxy groups -OCH3 is 1. The average Bonchev–Trinajstić information content (AvgIpc) is 2.46. The molecular formula is C15H13ClN2OS. The van der Waals surface area contributed by atoms with Gasteiger partial charge in [-0.15, -0.1) is 11.8 Å². The Balaban J connectivity index is 2.13. The van der Waals surface area contributed by atoms with Crippen molar-refractivity contribution < 1.29 is 4.74 Å². The van der Waals surface area contributed by atoms with Crippen LogP contribution in [0.25, 0.3) is 0 Å². The van der Waals surface area contributed by atoms with Crippen molar-refractivity contribution >= 4 is 29.1 Å². The molecular weight excluding hydrogens is 292 g/mol. The molecule has 2 N–H and O–H groups in total. The monoisotopic (exact) mass is 304 g/mol. The third-order valence-electron chi connectivity index (χ3n) is 2.74. The number of nitrogen functional groups attached to an aromatic ring is 1. The number of ether oxygens (including phenoxy) is 1. The van der Waals surface area contributed by atoms with Gasteiger partial charge in [-0.05, 0) is 35.9 Å². The molecule has 0 aromatic heterocycles. The number of nitrogens with zero attached hydrogens (tertiary/aromatic N) is 1. The first-order chi connectivity index (χ1) is 9.63. The zero-order valence-corrected chi connectivity index (χ0v) is 12.5. The number of hydrogen-bond donors (Lipinski definition) is 1. The molecule has 0 bridgehead atoms. The lowest BCUT2D eigenvalue weighted by Gasteiger charge is -2.08. The van der Waals surface area contributed by atoms with Crippen LogP contribution in [0.15, 0.2) is 41.3 Å². The van der Waals surface area contributed by atoms with Gasteiger partial charge in [-0.3, -0.25) is 0 Å². The summed E-state index contributed by atoms with van der Waals surface area (Å²) in [6.45, 7) is 0. The van der Waals surface area contributed by atoms with Gasteiger partial charge in [0.1, 0.15) is 11.8 Å². The highest BCUT2D eigenvalue weighted by Crippen LogP contribution is 2.32. The Morgan fingerprint density at radius 3 is 2.75 bits per heavy atom. The van der Waals surface area contributed by atoms with Crippen LogP contribution in [0.4, 0.5) is 5.69 Å². The molecule has 0 aliphatic rings. The second-order valence-electron chi connectivity index (χ2n) is 4.12. The van der Waals surface area contributed by atoms with E-state index in [1.165, 1.54) is 0 Å². The summed E-state index contributed by atoms with van der Waals surface area (Å²) in [6, 6.07) is 13.1. The van der Waals surface area contributed by atoms with Crippen LogP contribution in [-0.4, -0.2) is 7.11 Å². The molecule has 0 unspecified atom stereocenters. The van der Waals surface area contributed by atoms with E-state index in [4.69, 9.17) is 27.3 Å². The third kappa shape index (κ3) is 3.38. The average molecular weight is 305 g/mol. The first kappa shape index (κ1) is 14.6. The molecule has 0 fully saturated rings. The molecule has 3 nitrogen and oxygen atoms in total. The molecule has 5 heteroatoms. The Labute approximate surface area is 127 Å². The Kier molecular flexibility index (Phi) is 4.78. The van der Waals surface area contributed by atoms with E-state index >= 15 is 0 Å². The Hall–Kier alpha value is -1.83. The van der Waals surface area contributed by atoms with Crippen molar-refractivity contribution in [3.8, 4) is 11.8 Å². The molecule has 20 heavy (non-hydrogen) atoms. The van der Waals surface area contributed by atoms with Crippen LogP contribution in [0, 0.1) is 11.3 Å². The van der Waals surface area contributed by atoms with Crippen molar-refractivity contribution in [1.82, 2.24) is 0 Å². The van der Waals surface area contributed by atoms with E-state index in [0.29, 0.717) is 22.0 Å². The molecule has 0 aliphatic heterocycles. The molecule has 0 aliphatic carbocycles. The van der Waals surface area contributed by atoms with Gasteiger partial charge < -0.3 is 10.5 Å². The fourth-order valence-electron chi connectivity index (χ4n) is 1.71. The van der Waals surface area contributed by atoms with Gasteiger partial charge in [0, 0.05) is 16.3 Å². The highest BCUT2D eigenvalue weighted by molar-refractivity contribution is 7.98. The van der Waals surface area contributed by atoms with Crippen molar-refractivity contribution in [3.05, 3.63) is 52.5 Å². The molecule has 2 aromatic carbocycles. The second-order valence-corrected chi connectivity index (χ2v) is 5.55. The minimum absolute atomic E-state index is 0.534. The molecule has 0 radical (unpaired) electrons. The predicted molar refractivity (Wildman–Crippen MR) is 83.1 cm³/mol. The quantitative estimate of drug-likeness (QED) is 0.682. The van der Waals surface area contributed by atoms with Gasteiger partial charge in [-0.2, -0.15) is 5.26 Å². The summed E-state index contributed by atoms with van der Waals surface area (Å²) in [4.78, 5) is 0.976. The predicted octanol–water partition coefficient (Wildman–Crippen LogP) is 4.09. The van der Waals surface area contributed by atoms with Gasteiger partial charge in [0.05, 0.1) is 17.7 Å². The van der Waals surface area contributed by atoms with E-state index in [1.54, 1.807) is 31.0 Å². The maximum Gasteiger partial charge on any atom is 0.136 e. The number of thioether (sulfide) groups is 1. The van der Waals surface area contributed by atoms with Crippen LogP contribution >= 0.6 is 23.4 Å². The number of rotatable bonds is 4. The molecule has 102 valence electrons. The fraction of sp³-hybridized carbons (Fsp3) is 0.133. The van der Waals surface area contributed by atoms with E-state index in [2.05, 4.69) is 6.07 Å². The summed E-state index contributed by atoms with van der Waals surface area (Å²) in [6.07, 6.45) is 0. The number of hydrogen-bond acceptors (Lipinski definition) is 4. The Bertz CT molecular complexity index is 667. The molecule has 0 atom stereocenters. The van der Waals surface area contributed by atoms with Crippen molar-refractivity contribution in [1.29, 1.82) is 5.26 Å². The molecule has 0 amide bonds. The summed E-state index contributed by atoms with van der Waals surface area (Å²) >= 11 is 7.75. The van der Waals surface area contributed by atoms with E-state index in [1.807, 2.05) is 24.3 Å². The zero-order valence-electron chi connectivity index (χ0n) is 10.9. The minimum atomic E-state index is 0.534. The fourth-order valence-corrected chi connectivity index (χ4v) is 2.93. The third-order valence-corrected chi connectivity index (χ3v) is 4.31. The maximum absolute atomic E-state index is 8.95. The van der Waals surface area contributed by atoms with Crippen LogP contribution < -0.4 is 10.5 Å². The first-order valence-electron chi connectivity index (χ1n) is 5.89. The van der Waals surface area contributed by atoms with E-state index < -0.39 is 0 Å². The number of anilines is 1. The van der Waals surface area contributed by atoms with Crippen LogP contribution in [0.1, 0.15) is 11.1 Å². The molecule has 2 aromatic rings. The summed E-state index contributed by atoms with van der Waals surface area (Å²) in [7, 11) is 1.56. The molecule has 0 spiro atoms. The van der Waals surface area contributed by atoms with Gasteiger partial charge in [-0.25, -0.2) is 0 Å². The number of halogens is 1. The summed E-state index contributed by atoms with van der Waals surface area (Å²) in [5, 5.41) is 9.59. The number of nitrogens with two attached hydrogens (primary N) is 1. The topological polar surface area (TPSA) is 59.0 Å². The van der Waals surface area contributed by atoms with Crippen LogP contribution in [0.2, 0.25) is 5.02 Å². The van der Waals surface area contributed by atoms with Crippen molar-refractivity contribution in [2.75, 3.05) is 12.8 Å². The van der Waals surface area contributed by atoms with Crippen molar-refractivity contribution in [2.24, 2.45) is 0 Å². The van der Waals surface area contributed by atoms with Crippen LogP contribution in [-0.2, 0) is 5.75 Å². The van der Waals surface area contributed by atoms with Gasteiger partial charge in [0.15, 0.2) is 0 Å². The lowest BCUT2D eigenvalue weighted by atomic mass is 10.1. The second kappa shape index (κ2) is 6.56. The maximum atomic E-state index is 8.95. The molecule has 0 saturated heterocycles. The lowest BCUT2D eigenvalue weighted by Crippen LogP contribution is -1.90. The Morgan fingerprint density at radius 1 is 1.30 bits per heavy atom. The molecule has 2 rings (SSSR count). The summed E-state index contributed by atoms with van der Waals surface area (Å²) < 4.78 is 5.19. The van der Waals surface area contributed by atoms with Crippen molar-refractivity contribution in [2.45, 2.75) is 10.6 Å². The van der Waals surface area contributed by atoms with E-state index in [9.17, 15) is 0 Å². The smallest absolute Gasteiger partial charge is 0.136 e. The summed E-state index contributed by atoms with van der Waals surface area (Å²) in [5.74, 6) is 1.33. The zero-order chi connectivity index (χ0) is 14.5. The van der Waals surface area contributed by atoms with E-state index in [-0.39, 0.29) is 0 Å². The van der Waals surface area contributed by atoms with Crippen molar-refractivity contribution in [3.63, 3.8) is 0 Å². The highest BCUT2D eigenvalue weighted by atomic mass is 35.5. The minimum Gasteiger partial charge on any atom is -0.495 e. The largest absolute Gasteiger partial charge is 0.495 e. The van der Waals surface area contributed by atoms with Gasteiger partial charge in [-0.1, -0.05) is 17.7 Å². The normalized spacial score (nSPS) is 10.1. The van der Waals surface area contributed by atoms with Gasteiger partial charge >= 0.3 is 0 Å².